The van der Waals surface area contributed by atoms with E-state index in [1.165, 1.54) is 11.1 Å². The zero-order valence-corrected chi connectivity index (χ0v) is 9.90. The smallest absolute Gasteiger partial charge is 0.0191 e. The molecule has 0 atom stereocenters. The van der Waals surface area contributed by atoms with Crippen LogP contribution in [0.5, 0.6) is 0 Å². The average molecular weight is 200 g/mol. The molecule has 0 bridgehead atoms. The summed E-state index contributed by atoms with van der Waals surface area (Å²) < 4.78 is 0. The second-order valence-electron chi connectivity index (χ2n) is 2.99. The Morgan fingerprint density at radius 2 is 1.60 bits per heavy atom. The van der Waals surface area contributed by atoms with Crippen molar-refractivity contribution in [2.24, 2.45) is 0 Å². The molecule has 0 spiro atoms. The maximum absolute atomic E-state index is 3.67. The van der Waals surface area contributed by atoms with E-state index in [4.69, 9.17) is 0 Å². The first-order chi connectivity index (χ1) is 7.29. The van der Waals surface area contributed by atoms with Crippen molar-refractivity contribution in [2.45, 2.75) is 20.8 Å². The predicted molar refractivity (Wildman–Crippen MR) is 70.8 cm³/mol. The Hall–Kier alpha value is -1.56. The molecule has 0 heterocycles. The minimum atomic E-state index is 1.20. The quantitative estimate of drug-likeness (QED) is 0.562. The Kier molecular flexibility index (Phi) is 8.08. The average Bonchev–Trinajstić information content (AvgIpc) is 2.26. The lowest BCUT2D eigenvalue weighted by Crippen LogP contribution is -1.82. The molecule has 0 aromatic carbocycles. The van der Waals surface area contributed by atoms with Crippen LogP contribution in [0.15, 0.2) is 72.4 Å². The largest absolute Gasteiger partial charge is 0.0991 e. The molecule has 0 aromatic rings. The lowest BCUT2D eigenvalue weighted by Gasteiger charge is -2.01. The second-order valence-corrected chi connectivity index (χ2v) is 2.99. The van der Waals surface area contributed by atoms with E-state index >= 15 is 0 Å². The topological polar surface area (TPSA) is 0 Å². The van der Waals surface area contributed by atoms with Gasteiger partial charge >= 0.3 is 0 Å². The third-order valence-corrected chi connectivity index (χ3v) is 1.87. The number of hydrogen-bond donors (Lipinski definition) is 0. The first-order valence-corrected chi connectivity index (χ1v) is 5.21. The molecule has 0 saturated heterocycles. The monoisotopic (exact) mass is 200 g/mol. The Bertz CT molecular complexity index is 320. The molecular weight excluding hydrogens is 180 g/mol. The molecule has 0 aliphatic rings. The van der Waals surface area contributed by atoms with E-state index in [1.54, 1.807) is 6.08 Å². The van der Waals surface area contributed by atoms with Gasteiger partial charge in [0, 0.05) is 0 Å². The molecule has 80 valence electrons. The van der Waals surface area contributed by atoms with E-state index in [2.05, 4.69) is 30.9 Å². The van der Waals surface area contributed by atoms with Crippen molar-refractivity contribution in [3.63, 3.8) is 0 Å². The zero-order valence-electron chi connectivity index (χ0n) is 9.90. The van der Waals surface area contributed by atoms with Crippen LogP contribution < -0.4 is 0 Å². The highest BCUT2D eigenvalue weighted by atomic mass is 14.0. The minimum absolute atomic E-state index is 1.20. The number of allylic oxidation sites excluding steroid dienone is 11. The molecule has 0 aliphatic carbocycles. The molecule has 0 unspecified atom stereocenters. The molecule has 0 aliphatic heterocycles. The lowest BCUT2D eigenvalue weighted by atomic mass is 10.0. The molecule has 0 heteroatoms. The molecular formula is C15H20. The molecule has 0 rings (SSSR count). The summed E-state index contributed by atoms with van der Waals surface area (Å²) in [7, 11) is 0. The summed E-state index contributed by atoms with van der Waals surface area (Å²) in [6.45, 7) is 9.74. The lowest BCUT2D eigenvalue weighted by molar-refractivity contribution is 1.48. The highest BCUT2D eigenvalue weighted by Gasteiger charge is 1.94. The van der Waals surface area contributed by atoms with Crippen LogP contribution in [0, 0.1) is 0 Å². The van der Waals surface area contributed by atoms with Crippen LogP contribution in [-0.2, 0) is 0 Å². The Labute approximate surface area is 93.7 Å². The van der Waals surface area contributed by atoms with Crippen LogP contribution in [0.2, 0.25) is 0 Å². The van der Waals surface area contributed by atoms with Crippen LogP contribution in [0.3, 0.4) is 0 Å². The van der Waals surface area contributed by atoms with Gasteiger partial charge in [0.05, 0.1) is 0 Å². The van der Waals surface area contributed by atoms with Crippen molar-refractivity contribution in [3.05, 3.63) is 72.4 Å². The van der Waals surface area contributed by atoms with Crippen LogP contribution in [0.4, 0.5) is 0 Å². The molecule has 0 fully saturated rings. The minimum Gasteiger partial charge on any atom is -0.0991 e. The van der Waals surface area contributed by atoms with Gasteiger partial charge in [-0.1, -0.05) is 61.3 Å². The van der Waals surface area contributed by atoms with E-state index in [-0.39, 0.29) is 0 Å². The van der Waals surface area contributed by atoms with Crippen LogP contribution in [0.1, 0.15) is 20.8 Å². The molecule has 15 heavy (non-hydrogen) atoms. The van der Waals surface area contributed by atoms with E-state index in [9.17, 15) is 0 Å². The SMILES string of the molecule is C=C\C=C/C(=C\C)C(/C=C\C)=C/C=C\C. The summed E-state index contributed by atoms with van der Waals surface area (Å²) in [6, 6.07) is 0. The van der Waals surface area contributed by atoms with Crippen LogP contribution in [-0.4, -0.2) is 0 Å². The summed E-state index contributed by atoms with van der Waals surface area (Å²) in [4.78, 5) is 0. The fourth-order valence-corrected chi connectivity index (χ4v) is 1.16. The van der Waals surface area contributed by atoms with Gasteiger partial charge in [0.2, 0.25) is 0 Å². The highest BCUT2D eigenvalue weighted by molar-refractivity contribution is 5.48. The van der Waals surface area contributed by atoms with Gasteiger partial charge in [-0.25, -0.2) is 0 Å². The summed E-state index contributed by atoms with van der Waals surface area (Å²) in [6.07, 6.45) is 18.2. The molecule has 0 amide bonds. The van der Waals surface area contributed by atoms with E-state index in [1.807, 2.05) is 45.1 Å². The Morgan fingerprint density at radius 3 is 2.07 bits per heavy atom. The van der Waals surface area contributed by atoms with Gasteiger partial charge in [0.25, 0.3) is 0 Å². The molecule has 0 aromatic heterocycles. The van der Waals surface area contributed by atoms with E-state index < -0.39 is 0 Å². The van der Waals surface area contributed by atoms with Gasteiger partial charge in [-0.2, -0.15) is 0 Å². The van der Waals surface area contributed by atoms with E-state index in [0.29, 0.717) is 0 Å². The van der Waals surface area contributed by atoms with Gasteiger partial charge in [-0.3, -0.25) is 0 Å². The van der Waals surface area contributed by atoms with Crippen LogP contribution in [0.25, 0.3) is 0 Å². The standard InChI is InChI=1S/C15H20/c1-5-9-12-14(8-4)15(11-7-3)13-10-6-2/h5-13H,1H2,2-4H3/b10-6-,11-7-,12-9-,14-8+,15-13+. The van der Waals surface area contributed by atoms with Crippen LogP contribution >= 0.6 is 0 Å². The summed E-state index contributed by atoms with van der Waals surface area (Å²) in [5.74, 6) is 0. The summed E-state index contributed by atoms with van der Waals surface area (Å²) in [5, 5.41) is 0. The molecule has 0 saturated carbocycles. The van der Waals surface area contributed by atoms with Crippen molar-refractivity contribution < 1.29 is 0 Å². The third kappa shape index (κ3) is 5.69. The molecule has 0 N–H and O–H groups in total. The summed E-state index contributed by atoms with van der Waals surface area (Å²) >= 11 is 0. The van der Waals surface area contributed by atoms with Crippen molar-refractivity contribution in [2.75, 3.05) is 0 Å². The Balaban J connectivity index is 5.04. The fourth-order valence-electron chi connectivity index (χ4n) is 1.16. The van der Waals surface area contributed by atoms with Gasteiger partial charge in [-0.15, -0.1) is 0 Å². The van der Waals surface area contributed by atoms with Crippen molar-refractivity contribution in [1.29, 1.82) is 0 Å². The van der Waals surface area contributed by atoms with Crippen molar-refractivity contribution in [3.8, 4) is 0 Å². The first kappa shape index (κ1) is 13.4. The second kappa shape index (κ2) is 9.01. The first-order valence-electron chi connectivity index (χ1n) is 5.21. The zero-order chi connectivity index (χ0) is 11.5. The van der Waals surface area contributed by atoms with Gasteiger partial charge < -0.3 is 0 Å². The molecule has 0 radical (unpaired) electrons. The number of rotatable bonds is 5. The van der Waals surface area contributed by atoms with Crippen molar-refractivity contribution >= 4 is 0 Å². The number of hydrogen-bond acceptors (Lipinski definition) is 0. The molecule has 0 nitrogen and oxygen atoms in total. The van der Waals surface area contributed by atoms with Gasteiger partial charge in [0.15, 0.2) is 0 Å². The van der Waals surface area contributed by atoms with Gasteiger partial charge in [0.1, 0.15) is 0 Å². The maximum Gasteiger partial charge on any atom is -0.0191 e. The predicted octanol–water partition coefficient (Wildman–Crippen LogP) is 4.75. The van der Waals surface area contributed by atoms with Gasteiger partial charge in [-0.05, 0) is 31.9 Å². The van der Waals surface area contributed by atoms with E-state index in [0.717, 1.165) is 0 Å². The normalized spacial score (nSPS) is 14.6. The third-order valence-electron chi connectivity index (χ3n) is 1.87. The highest BCUT2D eigenvalue weighted by Crippen LogP contribution is 2.13. The maximum atomic E-state index is 3.67. The summed E-state index contributed by atoms with van der Waals surface area (Å²) in [5.41, 5.74) is 2.40. The fraction of sp³-hybridized carbons (Fsp3) is 0.200. The Morgan fingerprint density at radius 1 is 0.867 bits per heavy atom. The van der Waals surface area contributed by atoms with Crippen molar-refractivity contribution in [1.82, 2.24) is 0 Å².